The number of pyridine rings is 2. The summed E-state index contributed by atoms with van der Waals surface area (Å²) in [5, 5.41) is 79.2. The van der Waals surface area contributed by atoms with E-state index in [-0.39, 0.29) is 218 Å². The number of hydrogen-bond acceptors (Lipinski definition) is 15. The van der Waals surface area contributed by atoms with Gasteiger partial charge in [-0.15, -0.1) is 6.54 Å². The zero-order valence-corrected chi connectivity index (χ0v) is 72.9. The first-order valence-corrected chi connectivity index (χ1v) is 27.1. The van der Waals surface area contributed by atoms with Crippen molar-refractivity contribution in [1.82, 2.24) is 19.7 Å². The molecule has 0 aliphatic carbocycles. The molecular weight excluding hydrogens is 2750 g/mol. The van der Waals surface area contributed by atoms with Crippen molar-refractivity contribution >= 4 is 57.7 Å². The quantitative estimate of drug-likeness (QED) is 0.0273. The van der Waals surface area contributed by atoms with Crippen LogP contribution in [-0.4, -0.2) is 127 Å². The van der Waals surface area contributed by atoms with E-state index in [0.29, 0.717) is 22.3 Å². The summed E-state index contributed by atoms with van der Waals surface area (Å²) >= 11 is 0. The number of hydrogen-bond donors (Lipinski definition) is 8. The molecule has 0 amide bonds. The van der Waals surface area contributed by atoms with Crippen molar-refractivity contribution in [3.63, 3.8) is 0 Å². The molecule has 564 valence electrons. The van der Waals surface area contributed by atoms with Crippen molar-refractivity contribution in [3.05, 3.63) is 234 Å². The van der Waals surface area contributed by atoms with Crippen LogP contribution in [0.4, 0.5) is 26.3 Å². The Morgan fingerprint density at radius 2 is 1.00 bits per heavy atom. The molecule has 1 atom stereocenters. The van der Waals surface area contributed by atoms with E-state index in [1.165, 1.54) is 50.4 Å². The number of carbonyl (C=O) groups is 7. The van der Waals surface area contributed by atoms with Crippen LogP contribution in [0.15, 0.2) is 206 Å². The van der Waals surface area contributed by atoms with Crippen LogP contribution in [-0.2, 0) is 180 Å². The maximum atomic E-state index is 11.8. The molecule has 0 spiro atoms. The SMILES string of the molecule is CC(=O)C=C(C)O.CC(C)(C)C(=O)C=C(O)C(C)(C)C.O=C(C=C(O)C(F)(F)F)C(F)(F)F.O=C(C=C(O)c1ccccc1)c1ccccc1.O=C(O)C1CCC[N-]1.O=C(O)c1ccc2ccccc2n1.O=C(O)c1ccccn1.Oc1ccccc1-n1cccn1.[Ir].[Ir].[Ir].[Ir].[Ir].[Ir].[Ir].[Ir]. The minimum atomic E-state index is -5.42. The number of carboxylic acid groups (broad SMARTS) is 3. The third-order valence-electron chi connectivity index (χ3n) is 11.0. The smallest absolute Gasteiger partial charge is 0.454 e. The van der Waals surface area contributed by atoms with Gasteiger partial charge in [0.15, 0.2) is 17.3 Å². The molecule has 1 saturated heterocycles. The maximum Gasteiger partial charge on any atom is 0.454 e. The number of allylic oxidation sites excluding steroid dienone is 7. The van der Waals surface area contributed by atoms with Crippen LogP contribution in [0.3, 0.4) is 0 Å². The van der Waals surface area contributed by atoms with Gasteiger partial charge in [0.2, 0.25) is 5.76 Å². The van der Waals surface area contributed by atoms with Gasteiger partial charge in [0.25, 0.3) is 11.8 Å². The fourth-order valence-electron chi connectivity index (χ4n) is 6.21. The molecule has 7 aromatic rings. The summed E-state index contributed by atoms with van der Waals surface area (Å²) in [6.07, 6.45) is -1.36. The number of carbonyl (C=O) groups excluding carboxylic acids is 4. The molecule has 3 aromatic heterocycles. The Labute approximate surface area is 681 Å². The van der Waals surface area contributed by atoms with Crippen molar-refractivity contribution in [3.8, 4) is 11.4 Å². The number of alkyl halides is 6. The Bertz CT molecular complexity index is 3600. The first kappa shape index (κ1) is 110. The number of benzene rings is 4. The maximum absolute atomic E-state index is 11.8. The normalized spacial score (nSPS) is 12.0. The molecule has 8 rings (SSSR count). The Morgan fingerprint density at radius 1 is 0.510 bits per heavy atom. The number of aromatic carboxylic acids is 2. The molecule has 1 aliphatic rings. The topological polar surface area (TPSA) is 339 Å². The number of phenols is 1. The average Bonchev–Trinajstić information content (AvgIpc) is 1.08. The van der Waals surface area contributed by atoms with Gasteiger partial charge in [-0.2, -0.15) is 31.4 Å². The number of rotatable bonds is 10. The molecule has 4 aromatic carbocycles. The van der Waals surface area contributed by atoms with Crippen LogP contribution in [0.5, 0.6) is 5.75 Å². The molecule has 1 fully saturated rings. The van der Waals surface area contributed by atoms with E-state index < -0.39 is 59.3 Å². The number of carboxylic acids is 3. The number of aliphatic hydroxyl groups is 4. The molecular formula is C66H70F6Ir8N5O15-. The van der Waals surface area contributed by atoms with Crippen LogP contribution in [0.2, 0.25) is 0 Å². The van der Waals surface area contributed by atoms with Crippen molar-refractivity contribution < 1.29 is 262 Å². The van der Waals surface area contributed by atoms with Gasteiger partial charge < -0.3 is 46.2 Å². The molecule has 4 heterocycles. The van der Waals surface area contributed by atoms with Crippen molar-refractivity contribution in [1.29, 1.82) is 0 Å². The largest absolute Gasteiger partial charge is 0.650 e. The van der Waals surface area contributed by atoms with Crippen molar-refractivity contribution in [2.75, 3.05) is 6.54 Å². The Hall–Kier alpha value is -5.57. The second kappa shape index (κ2) is 56.0. The first-order chi connectivity index (χ1) is 42.8. The van der Waals surface area contributed by atoms with Crippen LogP contribution in [0, 0.1) is 10.8 Å². The standard InChI is InChI=1S/C15H12O2.C11H20O2.C10H7NO2.C9H8N2O.C6H5NO2.C5H2F6O2.C5H8NO2.C5H8O2.8Ir/c16-14(12-7-3-1-4-8-12)11-15(17)13-9-5-2-6-10-13;1-10(2,3)8(12)7-9(13)11(4,5)6;12-10(13)9-6-5-7-3-1-2-4-8(7)11-9;12-9-5-2-1-4-8(9)11-7-3-6-10-11;8-6(9)5-3-1-2-4-7-5;6-4(7,8)2(12)1-3(13)5(9,10)11;7-5(8)4-2-1-3-6-4;1-4(6)3-5(2)7;;;;;;;;/h1-11,16H;7,12H,1-6H3;1-6H,(H,12,13);1-7,12H;1-4H,(H,8,9);1,12H;4H,1-3H2,(H,7,8);3,6H,1-2H3;;;;;;;;/q;;;;;;-1;;;;;;;;;. The molecule has 1 unspecified atom stereocenters. The molecule has 100 heavy (non-hydrogen) atoms. The number of fused-ring (bicyclic) bond motifs is 1. The van der Waals surface area contributed by atoms with Crippen molar-refractivity contribution in [2.24, 2.45) is 10.8 Å². The number of aromatic hydroxyl groups is 1. The summed E-state index contributed by atoms with van der Waals surface area (Å²) in [5.41, 5.74) is 2.01. The molecule has 8 N–H and O–H groups in total. The minimum absolute atomic E-state index is 0. The predicted molar refractivity (Wildman–Crippen MR) is 331 cm³/mol. The summed E-state index contributed by atoms with van der Waals surface area (Å²) in [6, 6.07) is 41.8. The van der Waals surface area contributed by atoms with E-state index in [9.17, 15) is 75.2 Å². The third kappa shape index (κ3) is 47.6. The number of aromatic nitrogens is 4. The summed E-state index contributed by atoms with van der Waals surface area (Å²) < 4.78 is 69.7. The Balaban J connectivity index is -0.000000161. The number of ketones is 4. The minimum Gasteiger partial charge on any atom is -0.650 e. The van der Waals surface area contributed by atoms with E-state index >= 15 is 0 Å². The molecule has 20 nitrogen and oxygen atoms in total. The van der Waals surface area contributed by atoms with Crippen LogP contribution in [0.1, 0.15) is 105 Å². The van der Waals surface area contributed by atoms with Gasteiger partial charge in [-0.05, 0) is 62.4 Å². The summed E-state index contributed by atoms with van der Waals surface area (Å²) in [4.78, 5) is 81.5. The average molecular weight is 2830 g/mol. The van der Waals surface area contributed by atoms with Gasteiger partial charge >= 0.3 is 24.3 Å². The summed E-state index contributed by atoms with van der Waals surface area (Å²) in [7, 11) is 0. The fourth-order valence-corrected chi connectivity index (χ4v) is 6.21. The van der Waals surface area contributed by atoms with E-state index in [2.05, 4.69) is 20.4 Å². The second-order valence-corrected chi connectivity index (χ2v) is 20.9. The monoisotopic (exact) mass is 2830 g/mol. The van der Waals surface area contributed by atoms with Gasteiger partial charge in [0.05, 0.1) is 11.3 Å². The molecule has 0 saturated carbocycles. The van der Waals surface area contributed by atoms with Crippen LogP contribution in [0.25, 0.3) is 27.7 Å². The van der Waals surface area contributed by atoms with E-state index in [1.54, 1.807) is 89.9 Å². The Morgan fingerprint density at radius 3 is 1.38 bits per heavy atom. The van der Waals surface area contributed by atoms with E-state index in [4.69, 9.17) is 25.5 Å². The number of para-hydroxylation sites is 3. The van der Waals surface area contributed by atoms with E-state index in [0.717, 1.165) is 24.8 Å². The molecule has 1 aliphatic heterocycles. The predicted octanol–water partition coefficient (Wildman–Crippen LogP) is 14.6. The fraction of sp³-hybridized carbons (Fsp3) is 0.242. The summed E-state index contributed by atoms with van der Waals surface area (Å²) in [6.45, 7) is 14.7. The summed E-state index contributed by atoms with van der Waals surface area (Å²) in [5.74, 6) is -8.03. The van der Waals surface area contributed by atoms with Gasteiger partial charge in [0.1, 0.15) is 34.3 Å². The van der Waals surface area contributed by atoms with Crippen molar-refractivity contribution in [2.45, 2.75) is 86.6 Å². The number of aliphatic carboxylic acids is 1. The van der Waals surface area contributed by atoms with Gasteiger partial charge in [-0.25, -0.2) is 24.2 Å². The molecule has 34 heteroatoms. The van der Waals surface area contributed by atoms with Gasteiger partial charge in [-0.1, -0.05) is 158 Å². The third-order valence-corrected chi connectivity index (χ3v) is 11.0. The Kier molecular flexibility index (Phi) is 61.8. The number of aliphatic hydroxyl groups excluding tert-OH is 4. The number of halogens is 6. The van der Waals surface area contributed by atoms with Crippen LogP contribution >= 0.6 is 0 Å². The van der Waals surface area contributed by atoms with E-state index in [1.807, 2.05) is 102 Å². The van der Waals surface area contributed by atoms with Crippen LogP contribution < -0.4 is 0 Å². The first-order valence-electron chi connectivity index (χ1n) is 27.1. The zero-order chi connectivity index (χ0) is 70.0. The molecule has 8 radical (unpaired) electrons. The second-order valence-electron chi connectivity index (χ2n) is 20.9. The molecule has 0 bridgehead atoms. The number of phenolic OH excluding ortho intramolecular Hbond substituents is 1. The number of nitrogens with zero attached hydrogens (tertiary/aromatic N) is 5. The van der Waals surface area contributed by atoms with Gasteiger partial charge in [-0.3, -0.25) is 24.0 Å². The zero-order valence-electron chi connectivity index (χ0n) is 53.7. The van der Waals surface area contributed by atoms with Gasteiger partial charge in [0, 0.05) is 231 Å².